The Labute approximate surface area is 145 Å². The van der Waals surface area contributed by atoms with Crippen molar-refractivity contribution < 1.29 is 14.1 Å². The molecule has 1 spiro atoms. The van der Waals surface area contributed by atoms with Gasteiger partial charge in [0.25, 0.3) is 5.91 Å². The van der Waals surface area contributed by atoms with E-state index in [1.807, 2.05) is 4.90 Å². The molecule has 1 amide bonds. The fourth-order valence-corrected chi connectivity index (χ4v) is 3.65. The van der Waals surface area contributed by atoms with Crippen molar-refractivity contribution in [3.8, 4) is 0 Å². The summed E-state index contributed by atoms with van der Waals surface area (Å²) in [4.78, 5) is 22.6. The van der Waals surface area contributed by atoms with Crippen LogP contribution in [0, 0.1) is 0 Å². The SMILES string of the molecule is O=C(c1ccno1)N1CCC2(CC1)C[C@@H](Nc1ncccn1)CCO2. The Hall–Kier alpha value is -2.48. The lowest BCUT2D eigenvalue weighted by atomic mass is 9.82. The molecule has 2 fully saturated rings. The molecule has 0 saturated carbocycles. The molecule has 2 saturated heterocycles. The minimum Gasteiger partial charge on any atom is -0.375 e. The van der Waals surface area contributed by atoms with E-state index in [2.05, 4.69) is 20.4 Å². The van der Waals surface area contributed by atoms with Crippen LogP contribution in [0.3, 0.4) is 0 Å². The third-order valence-corrected chi connectivity index (χ3v) is 5.00. The number of ether oxygens (including phenoxy) is 1. The molecule has 2 aromatic heterocycles. The summed E-state index contributed by atoms with van der Waals surface area (Å²) in [5.74, 6) is 0.847. The monoisotopic (exact) mass is 343 g/mol. The van der Waals surface area contributed by atoms with Crippen molar-refractivity contribution in [1.82, 2.24) is 20.0 Å². The van der Waals surface area contributed by atoms with Crippen molar-refractivity contribution in [2.75, 3.05) is 25.0 Å². The van der Waals surface area contributed by atoms with Crippen LogP contribution in [0.2, 0.25) is 0 Å². The van der Waals surface area contributed by atoms with Gasteiger partial charge < -0.3 is 19.5 Å². The van der Waals surface area contributed by atoms with Crippen LogP contribution in [0.1, 0.15) is 36.2 Å². The number of rotatable bonds is 3. The lowest BCUT2D eigenvalue weighted by Gasteiger charge is -2.46. The number of anilines is 1. The first-order chi connectivity index (χ1) is 12.2. The maximum atomic E-state index is 12.4. The van der Waals surface area contributed by atoms with Crippen molar-refractivity contribution in [2.24, 2.45) is 0 Å². The lowest BCUT2D eigenvalue weighted by molar-refractivity contribution is -0.110. The van der Waals surface area contributed by atoms with Gasteiger partial charge in [-0.3, -0.25) is 4.79 Å². The smallest absolute Gasteiger partial charge is 0.292 e. The Morgan fingerprint density at radius 2 is 2.04 bits per heavy atom. The minimum atomic E-state index is -0.178. The number of carbonyl (C=O) groups excluding carboxylic acids is 1. The van der Waals surface area contributed by atoms with Gasteiger partial charge in [0.05, 0.1) is 11.8 Å². The average molecular weight is 343 g/mol. The zero-order valence-corrected chi connectivity index (χ0v) is 13.9. The Morgan fingerprint density at radius 1 is 1.24 bits per heavy atom. The first-order valence-electron chi connectivity index (χ1n) is 8.62. The summed E-state index contributed by atoms with van der Waals surface area (Å²) in [5.41, 5.74) is -0.178. The molecule has 0 unspecified atom stereocenters. The minimum absolute atomic E-state index is 0.101. The summed E-state index contributed by atoms with van der Waals surface area (Å²) in [6, 6.07) is 3.69. The number of likely N-dealkylation sites (tertiary alicyclic amines) is 1. The first-order valence-corrected chi connectivity index (χ1v) is 8.62. The average Bonchev–Trinajstić information content (AvgIpc) is 3.18. The predicted octanol–water partition coefficient (Wildman–Crippen LogP) is 1.73. The van der Waals surface area contributed by atoms with E-state index in [1.165, 1.54) is 6.20 Å². The molecule has 0 bridgehead atoms. The summed E-state index contributed by atoms with van der Waals surface area (Å²) in [6.07, 6.45) is 8.43. The first kappa shape index (κ1) is 16.0. The van der Waals surface area contributed by atoms with Crippen LogP contribution >= 0.6 is 0 Å². The molecule has 1 N–H and O–H groups in total. The van der Waals surface area contributed by atoms with Crippen LogP contribution in [0.4, 0.5) is 5.95 Å². The fourth-order valence-electron chi connectivity index (χ4n) is 3.65. The van der Waals surface area contributed by atoms with Gasteiger partial charge in [-0.2, -0.15) is 0 Å². The van der Waals surface area contributed by atoms with E-state index < -0.39 is 0 Å². The largest absolute Gasteiger partial charge is 0.375 e. The zero-order chi connectivity index (χ0) is 17.1. The third-order valence-electron chi connectivity index (χ3n) is 5.00. The van der Waals surface area contributed by atoms with Gasteiger partial charge >= 0.3 is 0 Å². The van der Waals surface area contributed by atoms with Crippen molar-refractivity contribution in [3.63, 3.8) is 0 Å². The Balaban J connectivity index is 1.36. The Morgan fingerprint density at radius 3 is 2.76 bits per heavy atom. The highest BCUT2D eigenvalue weighted by atomic mass is 16.5. The number of piperidine rings is 1. The zero-order valence-electron chi connectivity index (χ0n) is 13.9. The fraction of sp³-hybridized carbons (Fsp3) is 0.529. The number of amides is 1. The molecule has 0 radical (unpaired) electrons. The van der Waals surface area contributed by atoms with E-state index in [0.29, 0.717) is 31.4 Å². The van der Waals surface area contributed by atoms with E-state index in [0.717, 1.165) is 25.7 Å². The van der Waals surface area contributed by atoms with E-state index in [-0.39, 0.29) is 17.6 Å². The quantitative estimate of drug-likeness (QED) is 0.907. The van der Waals surface area contributed by atoms with Crippen LogP contribution in [0.5, 0.6) is 0 Å². The molecule has 1 atom stereocenters. The second-order valence-corrected chi connectivity index (χ2v) is 6.61. The maximum absolute atomic E-state index is 12.4. The highest BCUT2D eigenvalue weighted by Crippen LogP contribution is 2.36. The van der Waals surface area contributed by atoms with Crippen molar-refractivity contribution in [2.45, 2.75) is 37.3 Å². The van der Waals surface area contributed by atoms with Crippen molar-refractivity contribution >= 4 is 11.9 Å². The molecule has 8 heteroatoms. The lowest BCUT2D eigenvalue weighted by Crippen LogP contribution is -2.52. The maximum Gasteiger partial charge on any atom is 0.292 e. The van der Waals surface area contributed by atoms with E-state index in [9.17, 15) is 4.79 Å². The molecule has 2 aliphatic heterocycles. The summed E-state index contributed by atoms with van der Waals surface area (Å²) >= 11 is 0. The van der Waals surface area contributed by atoms with E-state index in [4.69, 9.17) is 9.26 Å². The molecule has 25 heavy (non-hydrogen) atoms. The van der Waals surface area contributed by atoms with Crippen molar-refractivity contribution in [3.05, 3.63) is 36.5 Å². The van der Waals surface area contributed by atoms with Crippen molar-refractivity contribution in [1.29, 1.82) is 0 Å². The number of hydrogen-bond donors (Lipinski definition) is 1. The Kier molecular flexibility index (Phi) is 4.35. The van der Waals surface area contributed by atoms with Gasteiger partial charge in [-0.05, 0) is 31.7 Å². The van der Waals surface area contributed by atoms with Crippen LogP contribution in [-0.4, -0.2) is 57.3 Å². The molecule has 132 valence electrons. The van der Waals surface area contributed by atoms with Gasteiger partial charge in [-0.1, -0.05) is 5.16 Å². The molecule has 0 aromatic carbocycles. The summed E-state index contributed by atoms with van der Waals surface area (Å²) in [7, 11) is 0. The van der Waals surface area contributed by atoms with Gasteiger partial charge in [0, 0.05) is 44.2 Å². The number of nitrogens with one attached hydrogen (secondary N) is 1. The summed E-state index contributed by atoms with van der Waals surface area (Å²) in [5, 5.41) is 7.01. The number of hydrogen-bond acceptors (Lipinski definition) is 7. The van der Waals surface area contributed by atoms with Gasteiger partial charge in [-0.25, -0.2) is 9.97 Å². The second-order valence-electron chi connectivity index (χ2n) is 6.61. The molecule has 0 aliphatic carbocycles. The molecule has 2 aromatic rings. The summed E-state index contributed by atoms with van der Waals surface area (Å²) in [6.45, 7) is 2.03. The molecular weight excluding hydrogens is 322 g/mol. The van der Waals surface area contributed by atoms with Gasteiger partial charge in [0.15, 0.2) is 0 Å². The van der Waals surface area contributed by atoms with Crippen LogP contribution in [0.15, 0.2) is 35.2 Å². The van der Waals surface area contributed by atoms with Gasteiger partial charge in [0.1, 0.15) is 0 Å². The molecular formula is C17H21N5O3. The standard InChI is InChI=1S/C17H21N5O3/c23-15(14-2-8-20-25-14)22-9-4-17(5-10-22)12-13(3-11-24-17)21-16-18-6-1-7-19-16/h1-2,6-8,13H,3-5,9-12H2,(H,18,19,21)/t13-/m0/s1. The van der Waals surface area contributed by atoms with Gasteiger partial charge in [-0.15, -0.1) is 0 Å². The predicted molar refractivity (Wildman–Crippen MR) is 89.0 cm³/mol. The molecule has 8 nitrogen and oxygen atoms in total. The molecule has 4 rings (SSSR count). The Bertz CT molecular complexity index is 698. The van der Waals surface area contributed by atoms with E-state index >= 15 is 0 Å². The topological polar surface area (TPSA) is 93.4 Å². The third kappa shape index (κ3) is 3.48. The normalized spacial score (nSPS) is 22.7. The van der Waals surface area contributed by atoms with Crippen LogP contribution in [0.25, 0.3) is 0 Å². The molecule has 2 aliphatic rings. The molecule has 4 heterocycles. The highest BCUT2D eigenvalue weighted by Gasteiger charge is 2.41. The van der Waals surface area contributed by atoms with Crippen LogP contribution in [-0.2, 0) is 4.74 Å². The van der Waals surface area contributed by atoms with Crippen LogP contribution < -0.4 is 5.32 Å². The van der Waals surface area contributed by atoms with Gasteiger partial charge in [0.2, 0.25) is 11.7 Å². The highest BCUT2D eigenvalue weighted by molar-refractivity contribution is 5.91. The number of aromatic nitrogens is 3. The van der Waals surface area contributed by atoms with E-state index in [1.54, 1.807) is 24.5 Å². The number of nitrogens with zero attached hydrogens (tertiary/aromatic N) is 4. The second kappa shape index (κ2) is 6.79. The number of carbonyl (C=O) groups is 1. The summed E-state index contributed by atoms with van der Waals surface area (Å²) < 4.78 is 11.1.